The topological polar surface area (TPSA) is 96.4 Å². The number of benzene rings is 1. The Morgan fingerprint density at radius 3 is 2.59 bits per heavy atom. The second-order valence-corrected chi connectivity index (χ2v) is 12.1. The Labute approximate surface area is 248 Å². The number of aliphatic hydroxyl groups is 1. The lowest BCUT2D eigenvalue weighted by atomic mass is 9.65. The number of hydrogen-bond donors (Lipinski definition) is 1. The summed E-state index contributed by atoms with van der Waals surface area (Å²) in [5, 5.41) is 10.9. The Morgan fingerprint density at radius 2 is 1.98 bits per heavy atom. The van der Waals surface area contributed by atoms with E-state index >= 15 is 0 Å². The highest BCUT2D eigenvalue weighted by Crippen LogP contribution is 2.65. The van der Waals surface area contributed by atoms with E-state index in [0.717, 1.165) is 12.8 Å². The molecular weight excluding hydrogens is 544 g/mol. The molecule has 224 valence electrons. The maximum Gasteiger partial charge on any atom is 0.312 e. The highest BCUT2D eigenvalue weighted by Gasteiger charge is 2.79. The minimum atomic E-state index is -1.24. The van der Waals surface area contributed by atoms with Gasteiger partial charge in [-0.25, -0.2) is 0 Å². The maximum absolute atomic E-state index is 14.7. The number of carbonyl (C=O) groups is 3. The van der Waals surface area contributed by atoms with Gasteiger partial charge in [-0.1, -0.05) is 56.7 Å². The summed E-state index contributed by atoms with van der Waals surface area (Å²) in [5.41, 5.74) is -1.65. The average Bonchev–Trinajstić information content (AvgIpc) is 3.56. The number of rotatable bonds is 14. The van der Waals surface area contributed by atoms with Crippen LogP contribution >= 0.6 is 11.6 Å². The molecule has 41 heavy (non-hydrogen) atoms. The second-order valence-electron chi connectivity index (χ2n) is 11.7. The van der Waals surface area contributed by atoms with E-state index in [2.05, 4.69) is 13.2 Å². The number of carbonyl (C=O) groups excluding carboxylic acids is 3. The third-order valence-corrected chi connectivity index (χ3v) is 9.51. The Morgan fingerprint density at radius 1 is 1.24 bits per heavy atom. The summed E-state index contributed by atoms with van der Waals surface area (Å²) in [5.74, 6) is -3.08. The molecule has 2 bridgehead atoms. The van der Waals surface area contributed by atoms with Crippen molar-refractivity contribution in [1.29, 1.82) is 0 Å². The molecule has 3 fully saturated rings. The zero-order valence-electron chi connectivity index (χ0n) is 24.4. The number of aliphatic hydroxyl groups excluding tert-OH is 1. The third kappa shape index (κ3) is 5.23. The fourth-order valence-corrected chi connectivity index (χ4v) is 7.42. The van der Waals surface area contributed by atoms with Gasteiger partial charge < -0.3 is 24.4 Å². The van der Waals surface area contributed by atoms with Crippen LogP contribution in [-0.4, -0.2) is 70.8 Å². The lowest BCUT2D eigenvalue weighted by Gasteiger charge is -2.40. The van der Waals surface area contributed by atoms with Crippen LogP contribution in [0.5, 0.6) is 0 Å². The number of amides is 2. The van der Waals surface area contributed by atoms with Gasteiger partial charge in [0.2, 0.25) is 5.91 Å². The van der Waals surface area contributed by atoms with Crippen LogP contribution < -0.4 is 4.90 Å². The Bertz CT molecular complexity index is 1170. The first-order chi connectivity index (χ1) is 19.6. The molecule has 0 aliphatic carbocycles. The molecule has 3 saturated heterocycles. The van der Waals surface area contributed by atoms with Gasteiger partial charge in [0.1, 0.15) is 17.6 Å². The predicted octanol–water partition coefficient (Wildman–Crippen LogP) is 4.93. The molecule has 2 unspecified atom stereocenters. The van der Waals surface area contributed by atoms with Crippen molar-refractivity contribution in [2.75, 3.05) is 24.7 Å². The lowest BCUT2D eigenvalue weighted by molar-refractivity contribution is -0.162. The SMILES string of the molecule is C=CCCCCOC(=O)[C@@H]1[C@H]2C(=O)N([C@@H](CO)C(C)C)C(C(=O)N(CC=C)c3ccccc3Cl)C23CC[C@@]1(CC)O3. The molecule has 8 nitrogen and oxygen atoms in total. The molecule has 1 aromatic rings. The first-order valence-corrected chi connectivity index (χ1v) is 15.1. The number of halogens is 1. The van der Waals surface area contributed by atoms with Gasteiger partial charge in [0.15, 0.2) is 0 Å². The Kier molecular flexibility index (Phi) is 9.66. The lowest BCUT2D eigenvalue weighted by Crippen LogP contribution is -2.60. The predicted molar refractivity (Wildman–Crippen MR) is 158 cm³/mol. The van der Waals surface area contributed by atoms with Crippen LogP contribution in [0.4, 0.5) is 5.69 Å². The molecule has 3 aliphatic heterocycles. The second kappa shape index (κ2) is 12.7. The van der Waals surface area contributed by atoms with Gasteiger partial charge >= 0.3 is 5.97 Å². The van der Waals surface area contributed by atoms with Gasteiger partial charge in [-0.15, -0.1) is 13.2 Å². The molecule has 9 heteroatoms. The monoisotopic (exact) mass is 586 g/mol. The van der Waals surface area contributed by atoms with Gasteiger partial charge in [0.05, 0.1) is 41.5 Å². The standard InChI is InChI=1S/C32H43ClN2O6/c1-6-9-10-13-19-40-30(39)26-25-28(37)35(24(20-36)21(4)5)27(32(25)17-16-31(26,8-3)41-32)29(38)34(18-7-2)23-15-12-11-14-22(23)33/h6-7,11-12,14-15,21,24-27,36H,1-2,8-10,13,16-20H2,3-5H3/t24-,25-,26-,27?,31+,32?/m0/s1. The highest BCUT2D eigenvalue weighted by atomic mass is 35.5. The number of fused-ring (bicyclic) bond motifs is 1. The zero-order chi connectivity index (χ0) is 29.9. The quantitative estimate of drug-likeness (QED) is 0.189. The van der Waals surface area contributed by atoms with Gasteiger partial charge in [0.25, 0.3) is 5.91 Å². The Hall–Kier alpha value is -2.68. The van der Waals surface area contributed by atoms with Crippen LogP contribution in [0, 0.1) is 17.8 Å². The van der Waals surface area contributed by atoms with Crippen LogP contribution in [0.15, 0.2) is 49.6 Å². The molecule has 3 aliphatic rings. The summed E-state index contributed by atoms with van der Waals surface area (Å²) >= 11 is 6.54. The molecule has 0 aromatic heterocycles. The number of likely N-dealkylation sites (tertiary alicyclic amines) is 1. The van der Waals surface area contributed by atoms with Crippen LogP contribution in [0.3, 0.4) is 0 Å². The number of anilines is 1. The summed E-state index contributed by atoms with van der Waals surface area (Å²) in [4.78, 5) is 45.9. The van der Waals surface area contributed by atoms with E-state index in [4.69, 9.17) is 21.1 Å². The number of allylic oxidation sites excluding steroid dienone is 1. The van der Waals surface area contributed by atoms with Crippen LogP contribution in [0.2, 0.25) is 5.02 Å². The average molecular weight is 587 g/mol. The summed E-state index contributed by atoms with van der Waals surface area (Å²) < 4.78 is 12.6. The van der Waals surface area contributed by atoms with Crippen molar-refractivity contribution in [1.82, 2.24) is 4.90 Å². The smallest absolute Gasteiger partial charge is 0.312 e. The van der Waals surface area contributed by atoms with Crippen molar-refractivity contribution in [2.24, 2.45) is 17.8 Å². The molecule has 3 heterocycles. The van der Waals surface area contributed by atoms with Crippen molar-refractivity contribution in [3.63, 3.8) is 0 Å². The molecule has 6 atom stereocenters. The van der Waals surface area contributed by atoms with E-state index in [-0.39, 0.29) is 37.5 Å². The van der Waals surface area contributed by atoms with Crippen LogP contribution in [-0.2, 0) is 23.9 Å². The van der Waals surface area contributed by atoms with Crippen molar-refractivity contribution >= 4 is 35.1 Å². The van der Waals surface area contributed by atoms with Crippen LogP contribution in [0.25, 0.3) is 0 Å². The molecule has 1 spiro atoms. The van der Waals surface area contributed by atoms with Gasteiger partial charge in [-0.2, -0.15) is 0 Å². The largest absolute Gasteiger partial charge is 0.465 e. The first kappa shape index (κ1) is 31.3. The number of hydrogen-bond acceptors (Lipinski definition) is 6. The van der Waals surface area contributed by atoms with E-state index in [0.29, 0.717) is 36.4 Å². The van der Waals surface area contributed by atoms with Gasteiger partial charge in [-0.05, 0) is 56.6 Å². The van der Waals surface area contributed by atoms with Crippen molar-refractivity contribution in [2.45, 2.75) is 82.6 Å². The summed E-state index contributed by atoms with van der Waals surface area (Å²) in [6, 6.07) is 5.31. The van der Waals surface area contributed by atoms with E-state index < -0.39 is 41.1 Å². The van der Waals surface area contributed by atoms with E-state index in [1.54, 1.807) is 30.3 Å². The van der Waals surface area contributed by atoms with Gasteiger partial charge in [0, 0.05) is 6.54 Å². The minimum Gasteiger partial charge on any atom is -0.465 e. The fourth-order valence-electron chi connectivity index (χ4n) is 7.18. The number of nitrogens with zero attached hydrogens (tertiary/aromatic N) is 2. The molecule has 2 amide bonds. The highest BCUT2D eigenvalue weighted by molar-refractivity contribution is 6.34. The summed E-state index contributed by atoms with van der Waals surface area (Å²) in [6.07, 6.45) is 7.27. The molecule has 0 saturated carbocycles. The molecule has 0 radical (unpaired) electrons. The number of para-hydroxylation sites is 1. The van der Waals surface area contributed by atoms with Crippen molar-refractivity contribution in [3.05, 3.63) is 54.6 Å². The molecular formula is C32H43ClN2O6. The maximum atomic E-state index is 14.7. The van der Waals surface area contributed by atoms with E-state index in [1.807, 2.05) is 26.8 Å². The normalized spacial score (nSPS) is 29.0. The van der Waals surface area contributed by atoms with Crippen molar-refractivity contribution < 1.29 is 29.0 Å². The Balaban J connectivity index is 1.79. The van der Waals surface area contributed by atoms with E-state index in [9.17, 15) is 19.5 Å². The third-order valence-electron chi connectivity index (χ3n) is 9.19. The first-order valence-electron chi connectivity index (χ1n) is 14.7. The molecule has 4 rings (SSSR count). The van der Waals surface area contributed by atoms with Gasteiger partial charge in [-0.3, -0.25) is 14.4 Å². The van der Waals surface area contributed by atoms with E-state index in [1.165, 1.54) is 9.80 Å². The number of unbranched alkanes of at least 4 members (excludes halogenated alkanes) is 2. The minimum absolute atomic E-state index is 0.155. The fraction of sp³-hybridized carbons (Fsp3) is 0.594. The zero-order valence-corrected chi connectivity index (χ0v) is 25.1. The number of esters is 1. The van der Waals surface area contributed by atoms with Crippen molar-refractivity contribution in [3.8, 4) is 0 Å². The molecule has 1 N–H and O–H groups in total. The molecule has 1 aromatic carbocycles. The summed E-state index contributed by atoms with van der Waals surface area (Å²) in [6.45, 7) is 13.4. The summed E-state index contributed by atoms with van der Waals surface area (Å²) in [7, 11) is 0. The van der Waals surface area contributed by atoms with Crippen LogP contribution in [0.1, 0.15) is 59.3 Å². The number of ether oxygens (including phenoxy) is 2.